The molecule has 1 atom stereocenters. The molecule has 0 bridgehead atoms. The first-order valence-electron chi connectivity index (χ1n) is 7.97. The number of anilines is 1. The monoisotopic (exact) mass is 424 g/mol. The highest BCUT2D eigenvalue weighted by atomic mass is 79.9. The Balaban J connectivity index is 2.41. The van der Waals surface area contributed by atoms with Crippen molar-refractivity contribution >= 4 is 37.5 Å². The zero-order valence-corrected chi connectivity index (χ0v) is 16.5. The van der Waals surface area contributed by atoms with Gasteiger partial charge < -0.3 is 5.32 Å². The van der Waals surface area contributed by atoms with Crippen LogP contribution >= 0.6 is 15.9 Å². The molecule has 0 aliphatic carbocycles. The van der Waals surface area contributed by atoms with Crippen LogP contribution in [0.15, 0.2) is 64.0 Å². The molecule has 0 saturated heterocycles. The normalized spacial score (nSPS) is 12.4. The number of hydrogen-bond acceptors (Lipinski definition) is 3. The van der Waals surface area contributed by atoms with Crippen molar-refractivity contribution in [2.24, 2.45) is 0 Å². The van der Waals surface area contributed by atoms with Crippen molar-refractivity contribution in [2.75, 3.05) is 10.8 Å². The summed E-state index contributed by atoms with van der Waals surface area (Å²) >= 11 is 3.35. The molecule has 2 rings (SSSR count). The van der Waals surface area contributed by atoms with Crippen LogP contribution in [0.4, 0.5) is 5.69 Å². The van der Waals surface area contributed by atoms with Gasteiger partial charge in [0.15, 0.2) is 0 Å². The minimum absolute atomic E-state index is 0.0173. The Morgan fingerprint density at radius 3 is 2.44 bits per heavy atom. The lowest BCUT2D eigenvalue weighted by molar-refractivity contribution is -0.120. The maximum absolute atomic E-state index is 13.1. The fourth-order valence-corrected chi connectivity index (χ4v) is 4.04. The molecular formula is C18H21BrN2O3S. The number of sulfonamides is 1. The van der Waals surface area contributed by atoms with Gasteiger partial charge in [-0.2, -0.15) is 0 Å². The number of halogens is 1. The van der Waals surface area contributed by atoms with E-state index >= 15 is 0 Å². The maximum Gasteiger partial charge on any atom is 0.264 e. The van der Waals surface area contributed by atoms with Crippen molar-refractivity contribution in [3.05, 3.63) is 59.1 Å². The van der Waals surface area contributed by atoms with Gasteiger partial charge in [-0.25, -0.2) is 8.42 Å². The summed E-state index contributed by atoms with van der Waals surface area (Å²) < 4.78 is 28.0. The van der Waals surface area contributed by atoms with E-state index in [9.17, 15) is 13.2 Å². The Morgan fingerprint density at radius 2 is 1.84 bits per heavy atom. The number of benzene rings is 2. The van der Waals surface area contributed by atoms with E-state index in [1.54, 1.807) is 42.5 Å². The van der Waals surface area contributed by atoms with Crippen LogP contribution in [-0.2, 0) is 14.8 Å². The van der Waals surface area contributed by atoms with Gasteiger partial charge in [-0.3, -0.25) is 9.10 Å². The number of hydrogen-bond donors (Lipinski definition) is 1. The van der Waals surface area contributed by atoms with Crippen LogP contribution in [0.5, 0.6) is 0 Å². The molecule has 0 aliphatic rings. The molecular weight excluding hydrogens is 404 g/mol. The van der Waals surface area contributed by atoms with Crippen molar-refractivity contribution in [3.8, 4) is 0 Å². The van der Waals surface area contributed by atoms with Gasteiger partial charge in [0.25, 0.3) is 10.0 Å². The van der Waals surface area contributed by atoms with Crippen molar-refractivity contribution in [1.82, 2.24) is 5.32 Å². The Hall–Kier alpha value is -1.86. The summed E-state index contributed by atoms with van der Waals surface area (Å²) in [7, 11) is -3.86. The first-order chi connectivity index (χ1) is 11.8. The predicted molar refractivity (Wildman–Crippen MR) is 103 cm³/mol. The molecule has 2 aromatic carbocycles. The Bertz CT molecular complexity index is 825. The van der Waals surface area contributed by atoms with E-state index in [1.807, 2.05) is 13.8 Å². The third-order valence-corrected chi connectivity index (χ3v) is 6.02. The zero-order valence-electron chi connectivity index (χ0n) is 14.1. The van der Waals surface area contributed by atoms with Crippen molar-refractivity contribution in [3.63, 3.8) is 0 Å². The molecule has 134 valence electrons. The summed E-state index contributed by atoms with van der Waals surface area (Å²) in [4.78, 5) is 12.5. The van der Waals surface area contributed by atoms with Crippen molar-refractivity contribution in [1.29, 1.82) is 0 Å². The third-order valence-electron chi connectivity index (χ3n) is 3.73. The maximum atomic E-state index is 13.1. The van der Waals surface area contributed by atoms with E-state index in [-0.39, 0.29) is 23.4 Å². The summed E-state index contributed by atoms with van der Waals surface area (Å²) in [6.07, 6.45) is 0.772. The molecule has 5 nitrogen and oxygen atoms in total. The van der Waals surface area contributed by atoms with Crippen LogP contribution in [0, 0.1) is 0 Å². The molecule has 1 amide bonds. The highest BCUT2D eigenvalue weighted by Crippen LogP contribution is 2.26. The second-order valence-electron chi connectivity index (χ2n) is 5.68. The molecule has 0 saturated carbocycles. The van der Waals surface area contributed by atoms with Crippen LogP contribution in [-0.4, -0.2) is 26.9 Å². The number of nitrogens with zero attached hydrogens (tertiary/aromatic N) is 1. The molecule has 0 heterocycles. The average Bonchev–Trinajstić information content (AvgIpc) is 2.60. The molecule has 1 N–H and O–H groups in total. The SMILES string of the molecule is CC[C@H](C)NC(=O)CN(c1cccc(Br)c1)S(=O)(=O)c1ccccc1. The molecule has 0 radical (unpaired) electrons. The minimum atomic E-state index is -3.86. The summed E-state index contributed by atoms with van der Waals surface area (Å²) in [5.74, 6) is -0.339. The first kappa shape index (κ1) is 19.5. The smallest absolute Gasteiger partial charge is 0.264 e. The van der Waals surface area contributed by atoms with E-state index in [4.69, 9.17) is 0 Å². The van der Waals surface area contributed by atoms with E-state index in [0.717, 1.165) is 15.2 Å². The van der Waals surface area contributed by atoms with E-state index in [2.05, 4.69) is 21.2 Å². The third kappa shape index (κ3) is 5.06. The van der Waals surface area contributed by atoms with Crippen LogP contribution in [0.1, 0.15) is 20.3 Å². The molecule has 0 unspecified atom stereocenters. The molecule has 0 aliphatic heterocycles. The molecule has 25 heavy (non-hydrogen) atoms. The lowest BCUT2D eigenvalue weighted by Crippen LogP contribution is -2.43. The Kier molecular flexibility index (Phi) is 6.61. The van der Waals surface area contributed by atoms with Gasteiger partial charge in [0.2, 0.25) is 5.91 Å². The van der Waals surface area contributed by atoms with Gasteiger partial charge >= 0.3 is 0 Å². The van der Waals surface area contributed by atoms with Crippen LogP contribution < -0.4 is 9.62 Å². The predicted octanol–water partition coefficient (Wildman–Crippen LogP) is 3.56. The van der Waals surface area contributed by atoms with Gasteiger partial charge in [-0.05, 0) is 43.7 Å². The molecule has 2 aromatic rings. The number of rotatable bonds is 7. The molecule has 0 spiro atoms. The highest BCUT2D eigenvalue weighted by Gasteiger charge is 2.27. The van der Waals surface area contributed by atoms with Crippen LogP contribution in [0.2, 0.25) is 0 Å². The van der Waals surface area contributed by atoms with E-state index in [0.29, 0.717) is 5.69 Å². The highest BCUT2D eigenvalue weighted by molar-refractivity contribution is 9.10. The lowest BCUT2D eigenvalue weighted by Gasteiger charge is -2.25. The Morgan fingerprint density at radius 1 is 1.16 bits per heavy atom. The van der Waals surface area contributed by atoms with Crippen molar-refractivity contribution in [2.45, 2.75) is 31.2 Å². The second kappa shape index (κ2) is 8.49. The summed E-state index contributed by atoms with van der Waals surface area (Å²) in [5, 5.41) is 2.81. The topological polar surface area (TPSA) is 66.5 Å². The standard InChI is InChI=1S/C18H21BrN2O3S/c1-3-14(2)20-18(22)13-21(16-9-7-8-15(19)12-16)25(23,24)17-10-5-4-6-11-17/h4-12,14H,3,13H2,1-2H3,(H,20,22)/t14-/m0/s1. The fourth-order valence-electron chi connectivity index (χ4n) is 2.22. The minimum Gasteiger partial charge on any atom is -0.352 e. The number of carbonyl (C=O) groups excluding carboxylic acids is 1. The van der Waals surface area contributed by atoms with E-state index in [1.165, 1.54) is 12.1 Å². The molecule has 0 aromatic heterocycles. The van der Waals surface area contributed by atoms with Crippen molar-refractivity contribution < 1.29 is 13.2 Å². The Labute approximate surface area is 157 Å². The zero-order chi connectivity index (χ0) is 18.4. The fraction of sp³-hybridized carbons (Fsp3) is 0.278. The number of nitrogens with one attached hydrogen (secondary N) is 1. The molecule has 7 heteroatoms. The first-order valence-corrected chi connectivity index (χ1v) is 10.2. The largest absolute Gasteiger partial charge is 0.352 e. The number of amides is 1. The van der Waals surface area contributed by atoms with Gasteiger partial charge in [0.05, 0.1) is 10.6 Å². The lowest BCUT2D eigenvalue weighted by atomic mass is 10.2. The summed E-state index contributed by atoms with van der Waals surface area (Å²) in [6.45, 7) is 3.56. The summed E-state index contributed by atoms with van der Waals surface area (Å²) in [6, 6.07) is 15.0. The van der Waals surface area contributed by atoms with Crippen LogP contribution in [0.25, 0.3) is 0 Å². The van der Waals surface area contributed by atoms with Gasteiger partial charge in [0, 0.05) is 10.5 Å². The quantitative estimate of drug-likeness (QED) is 0.738. The van der Waals surface area contributed by atoms with Gasteiger partial charge in [0.1, 0.15) is 6.54 Å². The van der Waals surface area contributed by atoms with Crippen LogP contribution in [0.3, 0.4) is 0 Å². The number of carbonyl (C=O) groups is 1. The summed E-state index contributed by atoms with van der Waals surface area (Å²) in [5.41, 5.74) is 0.428. The molecule has 0 fully saturated rings. The van der Waals surface area contributed by atoms with Gasteiger partial charge in [-0.1, -0.05) is 47.1 Å². The average molecular weight is 425 g/mol. The van der Waals surface area contributed by atoms with E-state index < -0.39 is 10.0 Å². The second-order valence-corrected chi connectivity index (χ2v) is 8.46. The van der Waals surface area contributed by atoms with Gasteiger partial charge in [-0.15, -0.1) is 0 Å².